The van der Waals surface area contributed by atoms with E-state index in [4.69, 9.17) is 4.42 Å². The summed E-state index contributed by atoms with van der Waals surface area (Å²) in [6.45, 7) is 9.65. The fraction of sp³-hybridized carbons (Fsp3) is 0.0652. The first-order valence-electron chi connectivity index (χ1n) is 33.2. The van der Waals surface area contributed by atoms with E-state index in [9.17, 15) is 0 Å². The predicted octanol–water partition coefficient (Wildman–Crippen LogP) is 25.9. The Morgan fingerprint density at radius 2 is 0.768 bits per heavy atom. The van der Waals surface area contributed by atoms with Gasteiger partial charge in [0.05, 0.1) is 17.1 Å². The van der Waals surface area contributed by atoms with Gasteiger partial charge in [-0.25, -0.2) is 0 Å². The number of benzene rings is 16. The van der Waals surface area contributed by atoms with Crippen LogP contribution in [0.3, 0.4) is 0 Å². The van der Waals surface area contributed by atoms with Gasteiger partial charge >= 0.3 is 0 Å². The minimum Gasteiger partial charge on any atom is -0.455 e. The molecule has 95 heavy (non-hydrogen) atoms. The highest BCUT2D eigenvalue weighted by Gasteiger charge is 2.43. The SMILES string of the molecule is CC1(C)c2ccccc2-c2cc3c(cc21)-c1c(cc(N(c2ccc4ccccc4c2)c2ccc4cc(-c5ccc6oc7c(-c8ccccc8N(c8ccc(-c9ccccc9)cc8)c8cccc9c8ccc8ccccc89)cccc7c6c5)ccc4c2)c2ccccc12)C3(C)C. The lowest BCUT2D eigenvalue weighted by molar-refractivity contribution is 0.652. The highest BCUT2D eigenvalue weighted by molar-refractivity contribution is 6.16. The molecule has 0 saturated carbocycles. The van der Waals surface area contributed by atoms with Crippen LogP contribution in [0.1, 0.15) is 49.9 Å². The van der Waals surface area contributed by atoms with E-state index in [2.05, 4.69) is 353 Å². The summed E-state index contributed by atoms with van der Waals surface area (Å²) < 4.78 is 7.05. The Morgan fingerprint density at radius 1 is 0.242 bits per heavy atom. The van der Waals surface area contributed by atoms with Gasteiger partial charge < -0.3 is 14.2 Å². The topological polar surface area (TPSA) is 19.6 Å². The molecular weight excluding hydrogens is 1150 g/mol. The van der Waals surface area contributed by atoms with Gasteiger partial charge in [0.1, 0.15) is 11.2 Å². The van der Waals surface area contributed by atoms with E-state index in [1.54, 1.807) is 0 Å². The standard InChI is InChI=1S/C92H64N2O/c1-91(2)81-33-16-14-26-71(81)78-54-83-80(55-82(78)91)89-75-29-13-12-27-72(75)87(56-84(89)92(83,3)4)93(67-46-40-58-22-8-9-24-61(58)51-67)68-47-41-63-50-62(36-37-64(63)52-68)65-43-49-88-79(53-65)77-32-18-31-76(90(77)95-88)73-28-15-17-34-85(73)94(66-44-38-59(39-45-66)57-20-6-5-7-21-57)86-35-19-30-70-69-25-11-10-23-60(69)42-48-74(70)86/h5-56H,1-4H3. The molecular formula is C92H64N2O. The van der Waals surface area contributed by atoms with Gasteiger partial charge in [-0.1, -0.05) is 258 Å². The number of fused-ring (bicyclic) bond motifs is 16. The quantitative estimate of drug-likeness (QED) is 0.134. The Bertz CT molecular complexity index is 6050. The number of furan rings is 1. The van der Waals surface area contributed by atoms with Crippen molar-refractivity contribution in [2.24, 2.45) is 0 Å². The Hall–Kier alpha value is -11.8. The van der Waals surface area contributed by atoms with Crippen LogP contribution in [0, 0.1) is 0 Å². The molecule has 1 aromatic heterocycles. The lowest BCUT2D eigenvalue weighted by atomic mass is 9.79. The maximum atomic E-state index is 7.05. The Kier molecular flexibility index (Phi) is 12.1. The van der Waals surface area contributed by atoms with Crippen molar-refractivity contribution in [2.45, 2.75) is 38.5 Å². The van der Waals surface area contributed by atoms with Crippen LogP contribution in [0.5, 0.6) is 0 Å². The molecule has 3 nitrogen and oxygen atoms in total. The van der Waals surface area contributed by atoms with E-state index >= 15 is 0 Å². The summed E-state index contributed by atoms with van der Waals surface area (Å²) in [5, 5.41) is 14.3. The molecule has 0 unspecified atom stereocenters. The van der Waals surface area contributed by atoms with Gasteiger partial charge in [0, 0.05) is 60.6 Å². The summed E-state index contributed by atoms with van der Waals surface area (Å²) in [7, 11) is 0. The third-order valence-corrected chi connectivity index (χ3v) is 21.2. The summed E-state index contributed by atoms with van der Waals surface area (Å²) in [5.41, 5.74) is 25.7. The van der Waals surface area contributed by atoms with Crippen molar-refractivity contribution in [3.63, 3.8) is 0 Å². The highest BCUT2D eigenvalue weighted by Crippen LogP contribution is 2.59. The monoisotopic (exact) mass is 1210 g/mol. The molecule has 2 aliphatic carbocycles. The number of nitrogens with zero attached hydrogens (tertiary/aromatic N) is 2. The first kappa shape index (κ1) is 54.9. The van der Waals surface area contributed by atoms with Crippen LogP contribution in [0.4, 0.5) is 34.1 Å². The molecule has 448 valence electrons. The molecule has 0 amide bonds. The normalized spacial score (nSPS) is 13.4. The number of rotatable bonds is 9. The van der Waals surface area contributed by atoms with Crippen molar-refractivity contribution in [1.82, 2.24) is 0 Å². The molecule has 16 aromatic carbocycles. The molecule has 0 fully saturated rings. The van der Waals surface area contributed by atoms with Gasteiger partial charge in [-0.3, -0.25) is 0 Å². The van der Waals surface area contributed by atoms with Gasteiger partial charge in [0.2, 0.25) is 0 Å². The Morgan fingerprint density at radius 3 is 1.60 bits per heavy atom. The van der Waals surface area contributed by atoms with Crippen molar-refractivity contribution in [3.8, 4) is 55.6 Å². The fourth-order valence-electron chi connectivity index (χ4n) is 16.4. The molecule has 0 saturated heterocycles. The minimum absolute atomic E-state index is 0.102. The van der Waals surface area contributed by atoms with Crippen molar-refractivity contribution in [1.29, 1.82) is 0 Å². The molecule has 0 spiro atoms. The second kappa shape index (κ2) is 20.9. The average Bonchev–Trinajstić information content (AvgIpc) is 1.33. The molecule has 0 atom stereocenters. The van der Waals surface area contributed by atoms with Crippen LogP contribution < -0.4 is 9.80 Å². The summed E-state index contributed by atoms with van der Waals surface area (Å²) >= 11 is 0. The van der Waals surface area contributed by atoms with Gasteiger partial charge in [-0.15, -0.1) is 0 Å². The van der Waals surface area contributed by atoms with E-state index in [1.807, 2.05) is 0 Å². The zero-order chi connectivity index (χ0) is 63.3. The lowest BCUT2D eigenvalue weighted by Crippen LogP contribution is -2.18. The molecule has 0 radical (unpaired) electrons. The van der Waals surface area contributed by atoms with Crippen molar-refractivity contribution < 1.29 is 4.42 Å². The number of para-hydroxylation sites is 2. The lowest BCUT2D eigenvalue weighted by Gasteiger charge is -2.30. The van der Waals surface area contributed by atoms with Crippen LogP contribution in [0.15, 0.2) is 320 Å². The average molecular weight is 1210 g/mol. The van der Waals surface area contributed by atoms with E-state index in [0.717, 1.165) is 72.6 Å². The predicted molar refractivity (Wildman–Crippen MR) is 402 cm³/mol. The molecule has 19 rings (SSSR count). The second-order valence-corrected chi connectivity index (χ2v) is 27.1. The van der Waals surface area contributed by atoms with Crippen molar-refractivity contribution in [3.05, 3.63) is 338 Å². The van der Waals surface area contributed by atoms with Gasteiger partial charge in [-0.05, 0) is 195 Å². The fourth-order valence-corrected chi connectivity index (χ4v) is 16.4. The van der Waals surface area contributed by atoms with Crippen molar-refractivity contribution in [2.75, 3.05) is 9.80 Å². The van der Waals surface area contributed by atoms with Crippen LogP contribution in [0.25, 0.3) is 131 Å². The minimum atomic E-state index is -0.261. The van der Waals surface area contributed by atoms with E-state index in [1.165, 1.54) is 115 Å². The zero-order valence-electron chi connectivity index (χ0n) is 53.3. The number of anilines is 6. The van der Waals surface area contributed by atoms with Gasteiger partial charge in [0.15, 0.2) is 0 Å². The first-order chi connectivity index (χ1) is 46.6. The van der Waals surface area contributed by atoms with Crippen LogP contribution in [-0.2, 0) is 10.8 Å². The third kappa shape index (κ3) is 8.45. The summed E-state index contributed by atoms with van der Waals surface area (Å²) in [6.07, 6.45) is 0. The molecule has 2 aliphatic rings. The Balaban J connectivity index is 0.710. The van der Waals surface area contributed by atoms with Crippen LogP contribution in [-0.4, -0.2) is 0 Å². The second-order valence-electron chi connectivity index (χ2n) is 27.1. The summed E-state index contributed by atoms with van der Waals surface area (Å²) in [6, 6.07) is 117. The number of hydrogen-bond donors (Lipinski definition) is 0. The first-order valence-corrected chi connectivity index (χ1v) is 33.2. The van der Waals surface area contributed by atoms with E-state index < -0.39 is 0 Å². The molecule has 1 heterocycles. The highest BCUT2D eigenvalue weighted by atomic mass is 16.3. The van der Waals surface area contributed by atoms with Crippen LogP contribution in [0.2, 0.25) is 0 Å². The third-order valence-electron chi connectivity index (χ3n) is 21.2. The maximum absolute atomic E-state index is 7.05. The van der Waals surface area contributed by atoms with E-state index in [-0.39, 0.29) is 10.8 Å². The van der Waals surface area contributed by atoms with Crippen LogP contribution >= 0.6 is 0 Å². The summed E-state index contributed by atoms with van der Waals surface area (Å²) in [4.78, 5) is 4.94. The summed E-state index contributed by atoms with van der Waals surface area (Å²) in [5.74, 6) is 0. The molecule has 0 bridgehead atoms. The van der Waals surface area contributed by atoms with E-state index in [0.29, 0.717) is 0 Å². The van der Waals surface area contributed by atoms with Gasteiger partial charge in [-0.2, -0.15) is 0 Å². The molecule has 3 heteroatoms. The van der Waals surface area contributed by atoms with Crippen molar-refractivity contribution >= 4 is 110 Å². The molecule has 0 aliphatic heterocycles. The van der Waals surface area contributed by atoms with Gasteiger partial charge in [0.25, 0.3) is 0 Å². The maximum Gasteiger partial charge on any atom is 0.143 e. The zero-order valence-corrected chi connectivity index (χ0v) is 53.3. The largest absolute Gasteiger partial charge is 0.455 e. The molecule has 17 aromatic rings. The smallest absolute Gasteiger partial charge is 0.143 e. The number of hydrogen-bond acceptors (Lipinski definition) is 3. The molecule has 0 N–H and O–H groups in total. The Labute approximate surface area is 552 Å².